The third-order valence-corrected chi connectivity index (χ3v) is 5.23. The van der Waals surface area contributed by atoms with Gasteiger partial charge in [-0.3, -0.25) is 9.78 Å². The lowest BCUT2D eigenvalue weighted by Crippen LogP contribution is -2.39. The second kappa shape index (κ2) is 8.20. The zero-order valence-corrected chi connectivity index (χ0v) is 14.7. The number of thioether (sulfide) groups is 1. The number of nitrogens with zero attached hydrogens (tertiary/aromatic N) is 2. The van der Waals surface area contributed by atoms with Crippen LogP contribution in [0.25, 0.3) is 0 Å². The van der Waals surface area contributed by atoms with E-state index in [1.165, 1.54) is 0 Å². The van der Waals surface area contributed by atoms with Crippen LogP contribution in [-0.4, -0.2) is 35.2 Å². The highest BCUT2D eigenvalue weighted by molar-refractivity contribution is 8.00. The number of piperidine rings is 1. The van der Waals surface area contributed by atoms with Crippen molar-refractivity contribution in [2.75, 3.05) is 19.4 Å². The topological polar surface area (TPSA) is 42.4 Å². The molecule has 1 aliphatic rings. The van der Waals surface area contributed by atoms with Gasteiger partial charge in [-0.25, -0.2) is 0 Å². The Morgan fingerprint density at radius 1 is 1.29 bits per heavy atom. The van der Waals surface area contributed by atoms with Crippen molar-refractivity contribution in [3.8, 4) is 5.75 Å². The third kappa shape index (κ3) is 4.09. The summed E-state index contributed by atoms with van der Waals surface area (Å²) >= 11 is 1.56. The van der Waals surface area contributed by atoms with E-state index in [0.717, 1.165) is 42.1 Å². The molecule has 4 nitrogen and oxygen atoms in total. The third-order valence-electron chi connectivity index (χ3n) is 4.26. The van der Waals surface area contributed by atoms with Crippen LogP contribution < -0.4 is 4.74 Å². The Kier molecular flexibility index (Phi) is 5.75. The van der Waals surface area contributed by atoms with Gasteiger partial charge in [0.1, 0.15) is 5.75 Å². The first kappa shape index (κ1) is 16.8. The van der Waals surface area contributed by atoms with Crippen LogP contribution in [0.2, 0.25) is 0 Å². The molecule has 0 spiro atoms. The van der Waals surface area contributed by atoms with Crippen molar-refractivity contribution in [3.05, 3.63) is 54.4 Å². The zero-order valence-electron chi connectivity index (χ0n) is 13.9. The van der Waals surface area contributed by atoms with Crippen LogP contribution in [0.4, 0.5) is 0 Å². The standard InChI is InChI=1S/C19H22N2O2S/c1-23-15-7-6-8-16(13-15)24-14-19(22)21-12-5-3-10-18(21)17-9-2-4-11-20-17/h2,4,6-9,11,13,18H,3,5,10,12,14H2,1H3/t18-/m0/s1. The molecule has 1 saturated heterocycles. The van der Waals surface area contributed by atoms with Gasteiger partial charge in [0.2, 0.25) is 5.91 Å². The quantitative estimate of drug-likeness (QED) is 0.772. The molecule has 0 N–H and O–H groups in total. The predicted molar refractivity (Wildman–Crippen MR) is 96.3 cm³/mol. The van der Waals surface area contributed by atoms with Crippen molar-refractivity contribution in [2.24, 2.45) is 0 Å². The van der Waals surface area contributed by atoms with E-state index in [9.17, 15) is 4.79 Å². The fraction of sp³-hybridized carbons (Fsp3) is 0.368. The molecule has 1 amide bonds. The van der Waals surface area contributed by atoms with Gasteiger partial charge in [-0.15, -0.1) is 11.8 Å². The Balaban J connectivity index is 1.66. The van der Waals surface area contributed by atoms with Crippen LogP contribution >= 0.6 is 11.8 Å². The number of amides is 1. The molecule has 5 heteroatoms. The molecule has 1 aliphatic heterocycles. The zero-order chi connectivity index (χ0) is 16.8. The van der Waals surface area contributed by atoms with Crippen molar-refractivity contribution in [2.45, 2.75) is 30.2 Å². The van der Waals surface area contributed by atoms with E-state index in [1.54, 1.807) is 25.1 Å². The fourth-order valence-corrected chi connectivity index (χ4v) is 3.86. The maximum Gasteiger partial charge on any atom is 0.233 e. The molecule has 0 radical (unpaired) electrons. The highest BCUT2D eigenvalue weighted by Gasteiger charge is 2.28. The monoisotopic (exact) mass is 342 g/mol. The molecule has 1 fully saturated rings. The normalized spacial score (nSPS) is 17.5. The number of hydrogen-bond donors (Lipinski definition) is 0. The average Bonchev–Trinajstić information content (AvgIpc) is 2.67. The molecule has 126 valence electrons. The van der Waals surface area contributed by atoms with Crippen molar-refractivity contribution in [3.63, 3.8) is 0 Å². The van der Waals surface area contributed by atoms with Crippen molar-refractivity contribution >= 4 is 17.7 Å². The Morgan fingerprint density at radius 3 is 3.00 bits per heavy atom. The van der Waals surface area contributed by atoms with E-state index < -0.39 is 0 Å². The van der Waals surface area contributed by atoms with Gasteiger partial charge in [-0.1, -0.05) is 12.1 Å². The van der Waals surface area contributed by atoms with E-state index in [-0.39, 0.29) is 11.9 Å². The molecule has 0 saturated carbocycles. The Bertz CT molecular complexity index is 678. The van der Waals surface area contributed by atoms with E-state index in [4.69, 9.17) is 4.74 Å². The summed E-state index contributed by atoms with van der Waals surface area (Å²) in [6.07, 6.45) is 5.01. The summed E-state index contributed by atoms with van der Waals surface area (Å²) in [6.45, 7) is 0.818. The molecular formula is C19H22N2O2S. The summed E-state index contributed by atoms with van der Waals surface area (Å²) in [7, 11) is 1.65. The number of ether oxygens (including phenoxy) is 1. The largest absolute Gasteiger partial charge is 0.497 e. The number of benzene rings is 1. The Morgan fingerprint density at radius 2 is 2.21 bits per heavy atom. The van der Waals surface area contributed by atoms with Crippen LogP contribution in [0.3, 0.4) is 0 Å². The minimum atomic E-state index is 0.110. The van der Waals surface area contributed by atoms with E-state index >= 15 is 0 Å². The van der Waals surface area contributed by atoms with Gasteiger partial charge in [0, 0.05) is 17.6 Å². The second-order valence-electron chi connectivity index (χ2n) is 5.82. The number of carbonyl (C=O) groups is 1. The summed E-state index contributed by atoms with van der Waals surface area (Å²) in [6, 6.07) is 13.9. The molecule has 0 aliphatic carbocycles. The van der Waals surface area contributed by atoms with Gasteiger partial charge in [0.15, 0.2) is 0 Å². The summed E-state index contributed by atoms with van der Waals surface area (Å²) in [5.74, 6) is 1.44. The van der Waals surface area contributed by atoms with Crippen LogP contribution in [0.5, 0.6) is 5.75 Å². The number of pyridine rings is 1. The minimum Gasteiger partial charge on any atom is -0.497 e. The van der Waals surface area contributed by atoms with Crippen LogP contribution in [0.15, 0.2) is 53.6 Å². The number of methoxy groups -OCH3 is 1. The van der Waals surface area contributed by atoms with Gasteiger partial charge >= 0.3 is 0 Å². The first-order chi connectivity index (χ1) is 11.8. The Labute approximate surface area is 147 Å². The second-order valence-corrected chi connectivity index (χ2v) is 6.87. The van der Waals surface area contributed by atoms with Gasteiger partial charge < -0.3 is 9.64 Å². The first-order valence-electron chi connectivity index (χ1n) is 8.25. The maximum absolute atomic E-state index is 12.8. The molecular weight excluding hydrogens is 320 g/mol. The maximum atomic E-state index is 12.8. The molecule has 24 heavy (non-hydrogen) atoms. The lowest BCUT2D eigenvalue weighted by atomic mass is 9.99. The van der Waals surface area contributed by atoms with Crippen molar-refractivity contribution in [1.82, 2.24) is 9.88 Å². The average molecular weight is 342 g/mol. The number of carbonyl (C=O) groups excluding carboxylic acids is 1. The number of likely N-dealkylation sites (tertiary alicyclic amines) is 1. The SMILES string of the molecule is COc1cccc(SCC(=O)N2CCCC[C@H]2c2ccccn2)c1. The van der Waals surface area contributed by atoms with E-state index in [2.05, 4.69) is 4.98 Å². The molecule has 3 rings (SSSR count). The van der Waals surface area contributed by atoms with Gasteiger partial charge in [0.25, 0.3) is 0 Å². The summed E-state index contributed by atoms with van der Waals surface area (Å²) in [4.78, 5) is 20.3. The number of hydrogen-bond acceptors (Lipinski definition) is 4. The molecule has 0 unspecified atom stereocenters. The van der Waals surface area contributed by atoms with Gasteiger partial charge in [-0.05, 0) is 49.6 Å². The molecule has 1 aromatic heterocycles. The van der Waals surface area contributed by atoms with Gasteiger partial charge in [0.05, 0.1) is 24.6 Å². The summed E-state index contributed by atoms with van der Waals surface area (Å²) in [5.41, 5.74) is 0.997. The highest BCUT2D eigenvalue weighted by atomic mass is 32.2. The number of aromatic nitrogens is 1. The lowest BCUT2D eigenvalue weighted by molar-refractivity contribution is -0.132. The molecule has 2 heterocycles. The molecule has 1 aromatic carbocycles. The predicted octanol–water partition coefficient (Wildman–Crippen LogP) is 3.94. The lowest BCUT2D eigenvalue weighted by Gasteiger charge is -2.35. The first-order valence-corrected chi connectivity index (χ1v) is 9.24. The number of rotatable bonds is 5. The minimum absolute atomic E-state index is 0.110. The molecule has 0 bridgehead atoms. The molecule has 2 aromatic rings. The summed E-state index contributed by atoms with van der Waals surface area (Å²) < 4.78 is 5.24. The van der Waals surface area contributed by atoms with Crippen LogP contribution in [-0.2, 0) is 4.79 Å². The summed E-state index contributed by atoms with van der Waals surface area (Å²) in [5, 5.41) is 0. The van der Waals surface area contributed by atoms with E-state index in [1.807, 2.05) is 47.4 Å². The molecule has 1 atom stereocenters. The van der Waals surface area contributed by atoms with Crippen molar-refractivity contribution < 1.29 is 9.53 Å². The highest BCUT2D eigenvalue weighted by Crippen LogP contribution is 2.31. The van der Waals surface area contributed by atoms with Crippen LogP contribution in [0, 0.1) is 0 Å². The smallest absolute Gasteiger partial charge is 0.233 e. The van der Waals surface area contributed by atoms with Crippen LogP contribution in [0.1, 0.15) is 31.0 Å². The Hall–Kier alpha value is -2.01. The fourth-order valence-electron chi connectivity index (χ4n) is 3.03. The van der Waals surface area contributed by atoms with Crippen molar-refractivity contribution in [1.29, 1.82) is 0 Å². The van der Waals surface area contributed by atoms with Gasteiger partial charge in [-0.2, -0.15) is 0 Å². The van der Waals surface area contributed by atoms with E-state index in [0.29, 0.717) is 5.75 Å².